The maximum Gasteiger partial charge on any atom is 0.411 e. The van der Waals surface area contributed by atoms with Crippen molar-refractivity contribution in [2.45, 2.75) is 59.3 Å². The Morgan fingerprint density at radius 1 is 1.09 bits per heavy atom. The van der Waals surface area contributed by atoms with Crippen molar-refractivity contribution in [2.75, 3.05) is 32.7 Å². The molecule has 0 saturated carbocycles. The SMILES string of the molecule is CCN(CC)CCNC(=O)C1c2ccc(OCc3ccccc3)cc2CCN1C(=O)OC(C)(C)C. The third-order valence-electron chi connectivity index (χ3n) is 6.09. The lowest BCUT2D eigenvalue weighted by atomic mass is 9.92. The molecule has 1 unspecified atom stereocenters. The molecule has 7 nitrogen and oxygen atoms in total. The maximum absolute atomic E-state index is 13.4. The van der Waals surface area contributed by atoms with E-state index in [0.29, 0.717) is 26.1 Å². The van der Waals surface area contributed by atoms with Gasteiger partial charge in [0, 0.05) is 19.6 Å². The summed E-state index contributed by atoms with van der Waals surface area (Å²) in [6.07, 6.45) is 0.150. The van der Waals surface area contributed by atoms with E-state index >= 15 is 0 Å². The smallest absolute Gasteiger partial charge is 0.411 e. The summed E-state index contributed by atoms with van der Waals surface area (Å²) in [7, 11) is 0. The van der Waals surface area contributed by atoms with Gasteiger partial charge in [-0.15, -0.1) is 0 Å². The number of ether oxygens (including phenoxy) is 2. The molecule has 0 aromatic heterocycles. The molecule has 2 aromatic carbocycles. The van der Waals surface area contributed by atoms with E-state index in [-0.39, 0.29) is 5.91 Å². The number of carbonyl (C=O) groups is 2. The predicted octanol–water partition coefficient (Wildman–Crippen LogP) is 4.56. The van der Waals surface area contributed by atoms with Gasteiger partial charge < -0.3 is 19.7 Å². The highest BCUT2D eigenvalue weighted by Gasteiger charge is 2.38. The lowest BCUT2D eigenvalue weighted by Crippen LogP contribution is -2.49. The average molecular weight is 482 g/mol. The van der Waals surface area contributed by atoms with Crippen LogP contribution in [-0.4, -0.2) is 60.1 Å². The summed E-state index contributed by atoms with van der Waals surface area (Å²) in [4.78, 5) is 30.2. The summed E-state index contributed by atoms with van der Waals surface area (Å²) >= 11 is 0. The molecule has 1 atom stereocenters. The summed E-state index contributed by atoms with van der Waals surface area (Å²) in [5.74, 6) is 0.556. The Labute approximate surface area is 209 Å². The van der Waals surface area contributed by atoms with Gasteiger partial charge in [-0.2, -0.15) is 0 Å². The highest BCUT2D eigenvalue weighted by Crippen LogP contribution is 2.33. The molecule has 0 radical (unpaired) electrons. The Hall–Kier alpha value is -3.06. The maximum atomic E-state index is 13.4. The van der Waals surface area contributed by atoms with Crippen LogP contribution in [0, 0.1) is 0 Å². The van der Waals surface area contributed by atoms with Crippen LogP contribution in [0.3, 0.4) is 0 Å². The number of nitrogens with zero attached hydrogens (tertiary/aromatic N) is 2. The Balaban J connectivity index is 1.79. The van der Waals surface area contributed by atoms with E-state index in [1.807, 2.05) is 69.3 Å². The highest BCUT2D eigenvalue weighted by molar-refractivity contribution is 5.88. The first-order chi connectivity index (χ1) is 16.7. The molecular formula is C28H39N3O4. The number of rotatable bonds is 9. The normalized spacial score (nSPS) is 15.5. The van der Waals surface area contributed by atoms with E-state index in [4.69, 9.17) is 9.47 Å². The number of benzene rings is 2. The van der Waals surface area contributed by atoms with E-state index in [9.17, 15) is 9.59 Å². The van der Waals surface area contributed by atoms with Crippen LogP contribution < -0.4 is 10.1 Å². The number of hydrogen-bond acceptors (Lipinski definition) is 5. The van der Waals surface area contributed by atoms with Gasteiger partial charge in [-0.1, -0.05) is 50.2 Å². The topological polar surface area (TPSA) is 71.1 Å². The van der Waals surface area contributed by atoms with Crippen LogP contribution in [0.25, 0.3) is 0 Å². The van der Waals surface area contributed by atoms with Gasteiger partial charge in [0.25, 0.3) is 0 Å². The predicted molar refractivity (Wildman–Crippen MR) is 137 cm³/mol. The molecule has 1 aliphatic heterocycles. The Morgan fingerprint density at radius 2 is 1.80 bits per heavy atom. The van der Waals surface area contributed by atoms with Crippen LogP contribution in [0.4, 0.5) is 4.79 Å². The Kier molecular flexibility index (Phi) is 9.15. The van der Waals surface area contributed by atoms with Crippen molar-refractivity contribution in [1.29, 1.82) is 0 Å². The molecule has 0 bridgehead atoms. The first kappa shape index (κ1) is 26.5. The van der Waals surface area contributed by atoms with E-state index in [2.05, 4.69) is 24.1 Å². The van der Waals surface area contributed by atoms with Gasteiger partial charge in [0.1, 0.15) is 24.0 Å². The van der Waals surface area contributed by atoms with Gasteiger partial charge in [-0.05, 0) is 69.1 Å². The van der Waals surface area contributed by atoms with Crippen molar-refractivity contribution in [3.8, 4) is 5.75 Å². The minimum Gasteiger partial charge on any atom is -0.489 e. The lowest BCUT2D eigenvalue weighted by molar-refractivity contribution is -0.127. The van der Waals surface area contributed by atoms with Gasteiger partial charge >= 0.3 is 6.09 Å². The fourth-order valence-corrected chi connectivity index (χ4v) is 4.21. The van der Waals surface area contributed by atoms with Gasteiger partial charge in [0.15, 0.2) is 0 Å². The molecule has 7 heteroatoms. The molecule has 190 valence electrons. The van der Waals surface area contributed by atoms with Crippen LogP contribution in [0.5, 0.6) is 5.75 Å². The fraction of sp³-hybridized carbons (Fsp3) is 0.500. The van der Waals surface area contributed by atoms with Gasteiger partial charge in [-0.25, -0.2) is 4.79 Å². The lowest BCUT2D eigenvalue weighted by Gasteiger charge is -2.37. The van der Waals surface area contributed by atoms with Gasteiger partial charge in [0.2, 0.25) is 5.91 Å². The number of nitrogens with one attached hydrogen (secondary N) is 1. The summed E-state index contributed by atoms with van der Waals surface area (Å²) < 4.78 is 11.6. The summed E-state index contributed by atoms with van der Waals surface area (Å²) in [6, 6.07) is 15.0. The Bertz CT molecular complexity index is 983. The quantitative estimate of drug-likeness (QED) is 0.569. The van der Waals surface area contributed by atoms with Crippen molar-refractivity contribution in [2.24, 2.45) is 0 Å². The number of hydrogen-bond donors (Lipinski definition) is 1. The molecule has 0 aliphatic carbocycles. The molecule has 1 N–H and O–H groups in total. The minimum absolute atomic E-state index is 0.193. The number of likely N-dealkylation sites (N-methyl/N-ethyl adjacent to an activating group) is 1. The minimum atomic E-state index is -0.742. The second-order valence-corrected chi connectivity index (χ2v) is 9.78. The van der Waals surface area contributed by atoms with E-state index in [1.165, 1.54) is 0 Å². The average Bonchev–Trinajstić information content (AvgIpc) is 2.84. The molecular weight excluding hydrogens is 442 g/mol. The van der Waals surface area contributed by atoms with Crippen molar-refractivity contribution in [1.82, 2.24) is 15.1 Å². The van der Waals surface area contributed by atoms with Crippen LogP contribution in [0.2, 0.25) is 0 Å². The third kappa shape index (κ3) is 7.46. The van der Waals surface area contributed by atoms with E-state index in [0.717, 1.165) is 42.1 Å². The first-order valence-electron chi connectivity index (χ1n) is 12.5. The molecule has 2 aromatic rings. The summed E-state index contributed by atoms with van der Waals surface area (Å²) in [5, 5.41) is 3.04. The molecule has 1 heterocycles. The van der Waals surface area contributed by atoms with Crippen LogP contribution >= 0.6 is 0 Å². The molecule has 0 saturated heterocycles. The zero-order chi connectivity index (χ0) is 25.4. The standard InChI is InChI=1S/C28H39N3O4/c1-6-30(7-2)18-16-29-26(32)25-24-14-13-23(34-20-21-11-9-8-10-12-21)19-22(24)15-17-31(25)27(33)35-28(3,4)5/h8-14,19,25H,6-7,15-18,20H2,1-5H3,(H,29,32). The molecule has 0 spiro atoms. The second-order valence-electron chi connectivity index (χ2n) is 9.78. The highest BCUT2D eigenvalue weighted by atomic mass is 16.6. The summed E-state index contributed by atoms with van der Waals surface area (Å²) in [5.41, 5.74) is 2.27. The van der Waals surface area contributed by atoms with Gasteiger partial charge in [-0.3, -0.25) is 9.69 Å². The van der Waals surface area contributed by atoms with E-state index in [1.54, 1.807) is 4.90 Å². The molecule has 1 aliphatic rings. The van der Waals surface area contributed by atoms with Crippen molar-refractivity contribution in [3.05, 3.63) is 65.2 Å². The van der Waals surface area contributed by atoms with Crippen molar-refractivity contribution in [3.63, 3.8) is 0 Å². The zero-order valence-electron chi connectivity index (χ0n) is 21.7. The van der Waals surface area contributed by atoms with Gasteiger partial charge in [0.05, 0.1) is 0 Å². The second kappa shape index (κ2) is 12.1. The molecule has 0 fully saturated rings. The van der Waals surface area contributed by atoms with Crippen LogP contribution in [0.15, 0.2) is 48.5 Å². The van der Waals surface area contributed by atoms with Crippen LogP contribution in [-0.2, 0) is 22.6 Å². The number of carbonyl (C=O) groups excluding carboxylic acids is 2. The fourth-order valence-electron chi connectivity index (χ4n) is 4.21. The van der Waals surface area contributed by atoms with Crippen LogP contribution in [0.1, 0.15) is 57.4 Å². The number of amides is 2. The Morgan fingerprint density at radius 3 is 2.46 bits per heavy atom. The summed E-state index contributed by atoms with van der Waals surface area (Å²) in [6.45, 7) is 13.7. The van der Waals surface area contributed by atoms with Crippen molar-refractivity contribution < 1.29 is 19.1 Å². The third-order valence-corrected chi connectivity index (χ3v) is 6.09. The largest absolute Gasteiger partial charge is 0.489 e. The first-order valence-corrected chi connectivity index (χ1v) is 12.5. The molecule has 2 amide bonds. The molecule has 35 heavy (non-hydrogen) atoms. The van der Waals surface area contributed by atoms with E-state index < -0.39 is 17.7 Å². The van der Waals surface area contributed by atoms with Crippen molar-refractivity contribution >= 4 is 12.0 Å². The number of fused-ring (bicyclic) bond motifs is 1. The molecule has 3 rings (SSSR count). The monoisotopic (exact) mass is 481 g/mol. The zero-order valence-corrected chi connectivity index (χ0v) is 21.7.